The Bertz CT molecular complexity index is 230. The van der Waals surface area contributed by atoms with Crippen molar-refractivity contribution >= 4 is 6.29 Å². The number of hydrogen-bond donors (Lipinski definition) is 1. The van der Waals surface area contributed by atoms with Crippen molar-refractivity contribution in [2.45, 2.75) is 31.8 Å². The van der Waals surface area contributed by atoms with Crippen LogP contribution < -0.4 is 0 Å². The zero-order valence-corrected chi connectivity index (χ0v) is 9.73. The summed E-state index contributed by atoms with van der Waals surface area (Å²) in [7, 11) is 0. The molecule has 2 saturated heterocycles. The minimum Gasteiger partial charge on any atom is -0.393 e. The fourth-order valence-corrected chi connectivity index (χ4v) is 2.61. The maximum Gasteiger partial charge on any atom is 0.127 e. The maximum absolute atomic E-state index is 11.3. The summed E-state index contributed by atoms with van der Waals surface area (Å²) in [4.78, 5) is 13.6. The van der Waals surface area contributed by atoms with Gasteiger partial charge in [-0.25, -0.2) is 0 Å². The highest BCUT2D eigenvalue weighted by atomic mass is 16.5. The molecular weight excluding hydrogens is 206 g/mol. The number of aliphatic hydroxyl groups is 1. The summed E-state index contributed by atoms with van der Waals surface area (Å²) in [5.74, 6) is 0. The van der Waals surface area contributed by atoms with E-state index in [1.54, 1.807) is 0 Å². The Hall–Kier alpha value is -0.450. The monoisotopic (exact) mass is 227 g/mol. The number of aliphatic hydroxyl groups excluding tert-OH is 1. The highest BCUT2D eigenvalue weighted by Crippen LogP contribution is 2.30. The van der Waals surface area contributed by atoms with Gasteiger partial charge in [0.1, 0.15) is 6.29 Å². The maximum atomic E-state index is 11.3. The third-order valence-corrected chi connectivity index (χ3v) is 3.83. The van der Waals surface area contributed by atoms with Gasteiger partial charge in [-0.15, -0.1) is 0 Å². The lowest BCUT2D eigenvalue weighted by Gasteiger charge is -2.39. The van der Waals surface area contributed by atoms with Gasteiger partial charge in [-0.05, 0) is 25.7 Å². The molecule has 0 spiro atoms. The zero-order valence-electron chi connectivity index (χ0n) is 9.73. The first-order chi connectivity index (χ1) is 7.74. The molecule has 0 unspecified atom stereocenters. The Morgan fingerprint density at radius 3 is 2.50 bits per heavy atom. The number of ether oxygens (including phenoxy) is 1. The molecule has 2 rings (SSSR count). The summed E-state index contributed by atoms with van der Waals surface area (Å²) >= 11 is 0. The first kappa shape index (κ1) is 12.0. The molecule has 2 aliphatic rings. The fraction of sp³-hybridized carbons (Fsp3) is 0.917. The lowest BCUT2D eigenvalue weighted by atomic mass is 9.81. The third-order valence-electron chi connectivity index (χ3n) is 3.83. The van der Waals surface area contributed by atoms with Gasteiger partial charge in [0.2, 0.25) is 0 Å². The summed E-state index contributed by atoms with van der Waals surface area (Å²) in [6.07, 6.45) is 4.35. The molecule has 0 atom stereocenters. The molecule has 0 amide bonds. The molecule has 0 aromatic rings. The highest BCUT2D eigenvalue weighted by molar-refractivity contribution is 5.60. The van der Waals surface area contributed by atoms with E-state index in [4.69, 9.17) is 4.74 Å². The van der Waals surface area contributed by atoms with Crippen molar-refractivity contribution in [1.82, 2.24) is 4.90 Å². The lowest BCUT2D eigenvalue weighted by Crippen LogP contribution is -2.46. The summed E-state index contributed by atoms with van der Waals surface area (Å²) in [5.41, 5.74) is -0.194. The van der Waals surface area contributed by atoms with Crippen LogP contribution in [-0.2, 0) is 9.53 Å². The van der Waals surface area contributed by atoms with Crippen LogP contribution in [0.15, 0.2) is 0 Å². The molecule has 2 fully saturated rings. The van der Waals surface area contributed by atoms with Crippen LogP contribution >= 0.6 is 0 Å². The second-order valence-corrected chi connectivity index (χ2v) is 5.10. The summed E-state index contributed by atoms with van der Waals surface area (Å²) in [6.45, 7) is 4.08. The number of hydrogen-bond acceptors (Lipinski definition) is 4. The van der Waals surface area contributed by atoms with Gasteiger partial charge < -0.3 is 19.5 Å². The number of aldehydes is 1. The van der Waals surface area contributed by atoms with Gasteiger partial charge in [-0.1, -0.05) is 0 Å². The molecule has 4 heteroatoms. The van der Waals surface area contributed by atoms with Gasteiger partial charge >= 0.3 is 0 Å². The molecule has 0 aromatic carbocycles. The van der Waals surface area contributed by atoms with Crippen LogP contribution in [0, 0.1) is 5.41 Å². The molecule has 92 valence electrons. The lowest BCUT2D eigenvalue weighted by molar-refractivity contribution is -0.123. The van der Waals surface area contributed by atoms with Crippen LogP contribution in [-0.4, -0.2) is 55.2 Å². The molecule has 2 aliphatic heterocycles. The standard InChI is InChI=1S/C12H21NO3/c14-10-12(3-7-16-8-4-12)9-13-5-1-11(15)2-6-13/h10-11,15H,1-9H2. The van der Waals surface area contributed by atoms with Gasteiger partial charge in [0, 0.05) is 38.3 Å². The number of rotatable bonds is 3. The molecule has 1 N–H and O–H groups in total. The second kappa shape index (κ2) is 5.25. The largest absolute Gasteiger partial charge is 0.393 e. The Morgan fingerprint density at radius 2 is 1.94 bits per heavy atom. The minimum absolute atomic E-state index is 0.141. The molecule has 0 saturated carbocycles. The SMILES string of the molecule is O=CC1(CN2CCC(O)CC2)CCOCC1. The van der Waals surface area contributed by atoms with Crippen LogP contribution in [0.5, 0.6) is 0 Å². The van der Waals surface area contributed by atoms with Gasteiger partial charge in [0.15, 0.2) is 0 Å². The normalized spacial score (nSPS) is 27.8. The molecule has 4 nitrogen and oxygen atoms in total. The molecule has 0 bridgehead atoms. The third kappa shape index (κ3) is 2.81. The van der Waals surface area contributed by atoms with Crippen LogP contribution in [0.3, 0.4) is 0 Å². The zero-order chi connectivity index (χ0) is 11.4. The average Bonchev–Trinajstić information content (AvgIpc) is 2.33. The van der Waals surface area contributed by atoms with E-state index in [1.807, 2.05) is 0 Å². The average molecular weight is 227 g/mol. The summed E-state index contributed by atoms with van der Waals surface area (Å²) < 4.78 is 5.32. The first-order valence-corrected chi connectivity index (χ1v) is 6.19. The van der Waals surface area contributed by atoms with E-state index >= 15 is 0 Å². The number of nitrogens with zero attached hydrogens (tertiary/aromatic N) is 1. The Kier molecular flexibility index (Phi) is 3.95. The van der Waals surface area contributed by atoms with E-state index in [9.17, 15) is 9.90 Å². The van der Waals surface area contributed by atoms with Crippen molar-refractivity contribution in [3.63, 3.8) is 0 Å². The van der Waals surface area contributed by atoms with E-state index in [2.05, 4.69) is 4.90 Å². The van der Waals surface area contributed by atoms with Crippen LogP contribution in [0.2, 0.25) is 0 Å². The van der Waals surface area contributed by atoms with Gasteiger partial charge in [0.25, 0.3) is 0 Å². The molecule has 2 heterocycles. The number of carbonyl (C=O) groups excluding carboxylic acids is 1. The van der Waals surface area contributed by atoms with Crippen molar-refractivity contribution in [3.8, 4) is 0 Å². The Morgan fingerprint density at radius 1 is 1.31 bits per heavy atom. The molecule has 0 aromatic heterocycles. The predicted molar refractivity (Wildman–Crippen MR) is 60.2 cm³/mol. The van der Waals surface area contributed by atoms with E-state index < -0.39 is 0 Å². The minimum atomic E-state index is -0.194. The fourth-order valence-electron chi connectivity index (χ4n) is 2.61. The van der Waals surface area contributed by atoms with Crippen molar-refractivity contribution in [3.05, 3.63) is 0 Å². The number of carbonyl (C=O) groups is 1. The van der Waals surface area contributed by atoms with Gasteiger partial charge in [-0.3, -0.25) is 0 Å². The van der Waals surface area contributed by atoms with E-state index in [1.165, 1.54) is 0 Å². The molecule has 16 heavy (non-hydrogen) atoms. The topological polar surface area (TPSA) is 49.8 Å². The molecule has 0 aliphatic carbocycles. The molecule has 0 radical (unpaired) electrons. The van der Waals surface area contributed by atoms with Crippen molar-refractivity contribution in [1.29, 1.82) is 0 Å². The van der Waals surface area contributed by atoms with Crippen molar-refractivity contribution in [2.75, 3.05) is 32.8 Å². The summed E-state index contributed by atoms with van der Waals surface area (Å²) in [5, 5.41) is 9.44. The first-order valence-electron chi connectivity index (χ1n) is 6.19. The van der Waals surface area contributed by atoms with Crippen LogP contribution in [0.4, 0.5) is 0 Å². The summed E-state index contributed by atoms with van der Waals surface area (Å²) in [6, 6.07) is 0. The Balaban J connectivity index is 1.88. The second-order valence-electron chi connectivity index (χ2n) is 5.10. The predicted octanol–water partition coefficient (Wildman–Crippen LogP) is 0.439. The quantitative estimate of drug-likeness (QED) is 0.711. The van der Waals surface area contributed by atoms with Crippen molar-refractivity contribution < 1.29 is 14.6 Å². The van der Waals surface area contributed by atoms with E-state index in [0.717, 1.165) is 51.6 Å². The van der Waals surface area contributed by atoms with Gasteiger partial charge in [-0.2, -0.15) is 0 Å². The van der Waals surface area contributed by atoms with E-state index in [0.29, 0.717) is 13.2 Å². The number of piperidine rings is 1. The Labute approximate surface area is 96.6 Å². The molecular formula is C12H21NO3. The van der Waals surface area contributed by atoms with Gasteiger partial charge in [0.05, 0.1) is 6.10 Å². The van der Waals surface area contributed by atoms with Crippen LogP contribution in [0.1, 0.15) is 25.7 Å². The number of likely N-dealkylation sites (tertiary alicyclic amines) is 1. The smallest absolute Gasteiger partial charge is 0.127 e. The van der Waals surface area contributed by atoms with E-state index in [-0.39, 0.29) is 11.5 Å². The highest BCUT2D eigenvalue weighted by Gasteiger charge is 2.35. The van der Waals surface area contributed by atoms with Crippen molar-refractivity contribution in [2.24, 2.45) is 5.41 Å². The van der Waals surface area contributed by atoms with Crippen LogP contribution in [0.25, 0.3) is 0 Å².